The third kappa shape index (κ3) is 9.31. The van der Waals surface area contributed by atoms with Crippen LogP contribution in [0.4, 0.5) is 0 Å². The predicted molar refractivity (Wildman–Crippen MR) is 31.2 cm³/mol. The van der Waals surface area contributed by atoms with Gasteiger partial charge in [-0.15, -0.1) is 6.58 Å². The number of rotatable bonds is 3. The molecule has 0 aromatic carbocycles. The smallest absolute Gasteiger partial charge is 0.694 e. The number of unbranched alkanes of at least 4 members (excludes halogenated alkanes) is 2. The molecular formula is C7H9Li. The molecule has 0 saturated carbocycles. The van der Waals surface area contributed by atoms with E-state index in [0.29, 0.717) is 0 Å². The molecule has 0 aromatic rings. The van der Waals surface area contributed by atoms with Crippen LogP contribution in [0.3, 0.4) is 0 Å². The quantitative estimate of drug-likeness (QED) is 0.139. The Bertz CT molecular complexity index is 78.9. The predicted octanol–water partition coefficient (Wildman–Crippen LogP) is -1.06. The van der Waals surface area contributed by atoms with Crippen molar-refractivity contribution in [2.75, 3.05) is 0 Å². The summed E-state index contributed by atoms with van der Waals surface area (Å²) in [7, 11) is 0. The van der Waals surface area contributed by atoms with Crippen LogP contribution in [0.25, 0.3) is 0 Å². The topological polar surface area (TPSA) is 0 Å². The largest absolute Gasteiger partial charge is 1.00 e. The Balaban J connectivity index is 0. The molecule has 0 N–H and O–H groups in total. The molecule has 1 heteroatoms. The summed E-state index contributed by atoms with van der Waals surface area (Å²) in [4.78, 5) is 0. The Hall–Kier alpha value is -0.103. The van der Waals surface area contributed by atoms with Gasteiger partial charge in [-0.25, -0.2) is 0 Å². The van der Waals surface area contributed by atoms with Gasteiger partial charge in [0.05, 0.1) is 0 Å². The van der Waals surface area contributed by atoms with Gasteiger partial charge in [-0.3, -0.25) is 0 Å². The molecule has 0 heterocycles. The van der Waals surface area contributed by atoms with Crippen LogP contribution in [0, 0.1) is 12.3 Å². The molecular weight excluding hydrogens is 91.0 g/mol. The summed E-state index contributed by atoms with van der Waals surface area (Å²) < 4.78 is 0. The van der Waals surface area contributed by atoms with Crippen LogP contribution in [0.1, 0.15) is 19.3 Å². The minimum atomic E-state index is 0. The second-order valence-electron chi connectivity index (χ2n) is 1.36. The van der Waals surface area contributed by atoms with Gasteiger partial charge in [0.1, 0.15) is 0 Å². The van der Waals surface area contributed by atoms with Crippen molar-refractivity contribution in [2.45, 2.75) is 19.3 Å². The van der Waals surface area contributed by atoms with Crippen LogP contribution in [0.2, 0.25) is 0 Å². The van der Waals surface area contributed by atoms with Gasteiger partial charge >= 0.3 is 18.9 Å². The molecule has 0 saturated heterocycles. The molecule has 0 amide bonds. The molecule has 0 nitrogen and oxygen atoms in total. The van der Waals surface area contributed by atoms with Gasteiger partial charge in [0.25, 0.3) is 0 Å². The normalized spacial score (nSPS) is 6.38. The van der Waals surface area contributed by atoms with Crippen LogP contribution < -0.4 is 18.9 Å². The first-order valence-corrected chi connectivity index (χ1v) is 2.42. The van der Waals surface area contributed by atoms with Gasteiger partial charge in [0, 0.05) is 0 Å². The van der Waals surface area contributed by atoms with Crippen molar-refractivity contribution in [3.05, 3.63) is 19.1 Å². The van der Waals surface area contributed by atoms with E-state index in [1.807, 2.05) is 6.08 Å². The van der Waals surface area contributed by atoms with Crippen molar-refractivity contribution in [1.29, 1.82) is 0 Å². The van der Waals surface area contributed by atoms with Crippen molar-refractivity contribution in [3.8, 4) is 5.92 Å². The Morgan fingerprint density at radius 3 is 2.62 bits per heavy atom. The van der Waals surface area contributed by atoms with Crippen LogP contribution >= 0.6 is 0 Å². The molecule has 0 radical (unpaired) electrons. The summed E-state index contributed by atoms with van der Waals surface area (Å²) >= 11 is 0. The van der Waals surface area contributed by atoms with Gasteiger partial charge < -0.3 is 12.3 Å². The number of hydrogen-bond acceptors (Lipinski definition) is 0. The van der Waals surface area contributed by atoms with E-state index in [9.17, 15) is 0 Å². The van der Waals surface area contributed by atoms with E-state index in [4.69, 9.17) is 6.42 Å². The van der Waals surface area contributed by atoms with E-state index < -0.39 is 0 Å². The fourth-order valence-electron chi connectivity index (χ4n) is 0.335. The molecule has 0 aromatic heterocycles. The summed E-state index contributed by atoms with van der Waals surface area (Å²) in [6, 6.07) is 0. The van der Waals surface area contributed by atoms with Gasteiger partial charge in [-0.05, 0) is 19.3 Å². The summed E-state index contributed by atoms with van der Waals surface area (Å²) in [6.07, 6.45) is 11.2. The van der Waals surface area contributed by atoms with Gasteiger partial charge in [-0.1, -0.05) is 6.08 Å². The summed E-state index contributed by atoms with van der Waals surface area (Å²) in [5.41, 5.74) is 0. The van der Waals surface area contributed by atoms with Crippen molar-refractivity contribution in [2.24, 2.45) is 0 Å². The monoisotopic (exact) mass is 100 g/mol. The van der Waals surface area contributed by atoms with Crippen LogP contribution in [0.5, 0.6) is 0 Å². The van der Waals surface area contributed by atoms with Gasteiger partial charge in [-0.2, -0.15) is 0 Å². The van der Waals surface area contributed by atoms with Gasteiger partial charge in [0.2, 0.25) is 0 Å². The maximum Gasteiger partial charge on any atom is 1.00 e. The maximum atomic E-state index is 6.50. The SMILES string of the molecule is [C-]#CCCCC=C.[Li+]. The number of hydrogen-bond donors (Lipinski definition) is 0. The first-order chi connectivity index (χ1) is 3.41. The van der Waals surface area contributed by atoms with Crippen molar-refractivity contribution in [3.63, 3.8) is 0 Å². The second-order valence-corrected chi connectivity index (χ2v) is 1.36. The summed E-state index contributed by atoms with van der Waals surface area (Å²) in [5.74, 6) is 2.30. The van der Waals surface area contributed by atoms with E-state index in [1.165, 1.54) is 0 Å². The fraction of sp³-hybridized carbons (Fsp3) is 0.429. The Kier molecular flexibility index (Phi) is 13.5. The molecule has 0 aliphatic heterocycles. The molecule has 38 valence electrons. The standard InChI is InChI=1S/C7H9.Li/c1-3-5-7-6-4-2;/h3H,1,5-7H2;/q-1;+1. The molecule has 0 rings (SSSR count). The van der Waals surface area contributed by atoms with Crippen molar-refractivity contribution >= 4 is 0 Å². The van der Waals surface area contributed by atoms with E-state index >= 15 is 0 Å². The zero-order chi connectivity index (χ0) is 5.54. The molecule has 0 aliphatic carbocycles. The van der Waals surface area contributed by atoms with Gasteiger partial charge in [0.15, 0.2) is 0 Å². The zero-order valence-corrected chi connectivity index (χ0v) is 5.41. The van der Waals surface area contributed by atoms with E-state index in [0.717, 1.165) is 19.3 Å². The average Bonchev–Trinajstić information content (AvgIpc) is 1.69. The van der Waals surface area contributed by atoms with E-state index in [-0.39, 0.29) is 18.9 Å². The summed E-state index contributed by atoms with van der Waals surface area (Å²) in [5, 5.41) is 0. The third-order valence-corrected chi connectivity index (χ3v) is 0.710. The molecule has 0 aliphatic rings. The molecule has 0 bridgehead atoms. The minimum Gasteiger partial charge on any atom is -0.694 e. The van der Waals surface area contributed by atoms with Crippen LogP contribution in [-0.4, -0.2) is 0 Å². The molecule has 0 fully saturated rings. The second kappa shape index (κ2) is 10.0. The molecule has 8 heavy (non-hydrogen) atoms. The first-order valence-electron chi connectivity index (χ1n) is 2.42. The molecule has 0 unspecified atom stereocenters. The Morgan fingerprint density at radius 2 is 2.25 bits per heavy atom. The minimum absolute atomic E-state index is 0. The van der Waals surface area contributed by atoms with Crippen molar-refractivity contribution in [1.82, 2.24) is 0 Å². The summed E-state index contributed by atoms with van der Waals surface area (Å²) in [6.45, 7) is 3.54. The zero-order valence-electron chi connectivity index (χ0n) is 5.41. The fourth-order valence-corrected chi connectivity index (χ4v) is 0.335. The average molecular weight is 100 g/mol. The first kappa shape index (κ1) is 10.8. The van der Waals surface area contributed by atoms with E-state index in [2.05, 4.69) is 12.5 Å². The Morgan fingerprint density at radius 1 is 1.62 bits per heavy atom. The van der Waals surface area contributed by atoms with Crippen LogP contribution in [-0.2, 0) is 0 Å². The Labute approximate surface area is 63.5 Å². The van der Waals surface area contributed by atoms with Crippen LogP contribution in [0.15, 0.2) is 12.7 Å². The molecule has 0 spiro atoms. The van der Waals surface area contributed by atoms with E-state index in [1.54, 1.807) is 0 Å². The third-order valence-electron chi connectivity index (χ3n) is 0.710. The number of allylic oxidation sites excluding steroid dienone is 1. The maximum absolute atomic E-state index is 6.50. The van der Waals surface area contributed by atoms with Crippen molar-refractivity contribution < 1.29 is 18.9 Å². The molecule has 0 atom stereocenters.